The van der Waals surface area contributed by atoms with Gasteiger partial charge in [-0.3, -0.25) is 0 Å². The first-order chi connectivity index (χ1) is 6.96. The molecule has 0 aliphatic carbocycles. The molecule has 0 spiro atoms. The van der Waals surface area contributed by atoms with Gasteiger partial charge in [0, 0.05) is 18.3 Å². The largest absolute Gasteiger partial charge is 0.370 e. The summed E-state index contributed by atoms with van der Waals surface area (Å²) in [4.78, 5) is 2.31. The lowest BCUT2D eigenvalue weighted by molar-refractivity contribution is 0.266. The number of hydrogen-bond donors (Lipinski definition) is 0. The minimum atomic E-state index is 0.150. The molecular formula is C14H21N. The van der Waals surface area contributed by atoms with Crippen molar-refractivity contribution in [2.45, 2.75) is 33.2 Å². The Morgan fingerprint density at radius 2 is 1.67 bits per heavy atom. The van der Waals surface area contributed by atoms with Crippen LogP contribution in [0.2, 0.25) is 0 Å². The maximum atomic E-state index is 2.31. The van der Waals surface area contributed by atoms with Gasteiger partial charge in [0.15, 0.2) is 0 Å². The molecule has 0 radical (unpaired) electrons. The molecule has 1 aromatic rings. The SMILES string of the molecule is C/C=C(/c1ccccc1)N(C)C(C)(C)C. The zero-order chi connectivity index (χ0) is 11.5. The molecule has 1 nitrogen and oxygen atoms in total. The highest BCUT2D eigenvalue weighted by atomic mass is 15.2. The Balaban J connectivity index is 3.02. The van der Waals surface area contributed by atoms with Crippen molar-refractivity contribution in [3.63, 3.8) is 0 Å². The fraction of sp³-hybridized carbons (Fsp3) is 0.429. The van der Waals surface area contributed by atoms with Crippen molar-refractivity contribution in [3.8, 4) is 0 Å². The molecule has 0 bridgehead atoms. The van der Waals surface area contributed by atoms with Crippen LogP contribution in [0.1, 0.15) is 33.3 Å². The zero-order valence-electron chi connectivity index (χ0n) is 10.4. The van der Waals surface area contributed by atoms with Crippen molar-refractivity contribution in [1.29, 1.82) is 0 Å². The average Bonchev–Trinajstić information content (AvgIpc) is 2.19. The van der Waals surface area contributed by atoms with E-state index in [2.05, 4.69) is 70.0 Å². The van der Waals surface area contributed by atoms with Gasteiger partial charge in [-0.1, -0.05) is 36.4 Å². The van der Waals surface area contributed by atoms with Crippen LogP contribution in [0.5, 0.6) is 0 Å². The third-order valence-corrected chi connectivity index (χ3v) is 2.71. The molecule has 1 rings (SSSR count). The molecule has 0 saturated carbocycles. The summed E-state index contributed by atoms with van der Waals surface area (Å²) in [5, 5.41) is 0. The van der Waals surface area contributed by atoms with E-state index >= 15 is 0 Å². The lowest BCUT2D eigenvalue weighted by atomic mass is 10.0. The second-order valence-electron chi connectivity index (χ2n) is 4.77. The summed E-state index contributed by atoms with van der Waals surface area (Å²) >= 11 is 0. The molecule has 0 aromatic heterocycles. The maximum absolute atomic E-state index is 2.31. The van der Waals surface area contributed by atoms with E-state index in [1.807, 2.05) is 6.07 Å². The van der Waals surface area contributed by atoms with Crippen LogP contribution in [-0.4, -0.2) is 17.5 Å². The van der Waals surface area contributed by atoms with Crippen molar-refractivity contribution in [2.24, 2.45) is 0 Å². The van der Waals surface area contributed by atoms with Crippen molar-refractivity contribution in [2.75, 3.05) is 7.05 Å². The van der Waals surface area contributed by atoms with Gasteiger partial charge in [-0.15, -0.1) is 0 Å². The number of nitrogens with zero attached hydrogens (tertiary/aromatic N) is 1. The molecule has 15 heavy (non-hydrogen) atoms. The van der Waals surface area contributed by atoms with Gasteiger partial charge in [0.25, 0.3) is 0 Å². The zero-order valence-corrected chi connectivity index (χ0v) is 10.4. The smallest absolute Gasteiger partial charge is 0.0398 e. The van der Waals surface area contributed by atoms with Gasteiger partial charge in [-0.05, 0) is 33.3 Å². The normalized spacial score (nSPS) is 12.7. The van der Waals surface area contributed by atoms with Crippen LogP contribution in [0.3, 0.4) is 0 Å². The number of allylic oxidation sites excluding steroid dienone is 1. The third-order valence-electron chi connectivity index (χ3n) is 2.71. The lowest BCUT2D eigenvalue weighted by Gasteiger charge is -2.36. The Labute approximate surface area is 93.4 Å². The van der Waals surface area contributed by atoms with Crippen LogP contribution in [-0.2, 0) is 0 Å². The topological polar surface area (TPSA) is 3.24 Å². The van der Waals surface area contributed by atoms with Crippen LogP contribution in [0.15, 0.2) is 36.4 Å². The Morgan fingerprint density at radius 3 is 2.07 bits per heavy atom. The van der Waals surface area contributed by atoms with Gasteiger partial charge >= 0.3 is 0 Å². The van der Waals surface area contributed by atoms with E-state index in [1.165, 1.54) is 11.3 Å². The highest BCUT2D eigenvalue weighted by Crippen LogP contribution is 2.24. The summed E-state index contributed by atoms with van der Waals surface area (Å²) in [6, 6.07) is 10.5. The molecule has 0 unspecified atom stereocenters. The highest BCUT2D eigenvalue weighted by Gasteiger charge is 2.19. The number of hydrogen-bond acceptors (Lipinski definition) is 1. The van der Waals surface area contributed by atoms with Crippen molar-refractivity contribution in [1.82, 2.24) is 4.90 Å². The maximum Gasteiger partial charge on any atom is 0.0398 e. The minimum Gasteiger partial charge on any atom is -0.370 e. The van der Waals surface area contributed by atoms with Crippen LogP contribution < -0.4 is 0 Å². The van der Waals surface area contributed by atoms with E-state index < -0.39 is 0 Å². The van der Waals surface area contributed by atoms with E-state index in [0.717, 1.165) is 0 Å². The fourth-order valence-corrected chi connectivity index (χ4v) is 1.52. The summed E-state index contributed by atoms with van der Waals surface area (Å²) in [5.74, 6) is 0. The van der Waals surface area contributed by atoms with Gasteiger partial charge in [0.1, 0.15) is 0 Å². The fourth-order valence-electron chi connectivity index (χ4n) is 1.52. The summed E-state index contributed by atoms with van der Waals surface area (Å²) < 4.78 is 0. The first kappa shape index (κ1) is 11.8. The molecule has 0 heterocycles. The molecule has 0 saturated heterocycles. The van der Waals surface area contributed by atoms with Crippen LogP contribution in [0.4, 0.5) is 0 Å². The Bertz CT molecular complexity index is 330. The molecule has 82 valence electrons. The Kier molecular flexibility index (Phi) is 3.57. The molecule has 0 N–H and O–H groups in total. The van der Waals surface area contributed by atoms with E-state index in [1.54, 1.807) is 0 Å². The molecule has 1 aromatic carbocycles. The second-order valence-corrected chi connectivity index (χ2v) is 4.77. The summed E-state index contributed by atoms with van der Waals surface area (Å²) in [5.41, 5.74) is 2.71. The molecule has 0 amide bonds. The average molecular weight is 203 g/mol. The van der Waals surface area contributed by atoms with Crippen LogP contribution in [0, 0.1) is 0 Å². The van der Waals surface area contributed by atoms with E-state index in [4.69, 9.17) is 0 Å². The molecule has 1 heteroatoms. The molecule has 0 aliphatic heterocycles. The van der Waals surface area contributed by atoms with Gasteiger partial charge in [0.2, 0.25) is 0 Å². The van der Waals surface area contributed by atoms with E-state index in [0.29, 0.717) is 0 Å². The summed E-state index contributed by atoms with van der Waals surface area (Å²) in [6.45, 7) is 8.75. The lowest BCUT2D eigenvalue weighted by Crippen LogP contribution is -2.36. The predicted octanol–water partition coefficient (Wildman–Crippen LogP) is 3.78. The van der Waals surface area contributed by atoms with Gasteiger partial charge in [0.05, 0.1) is 0 Å². The van der Waals surface area contributed by atoms with Gasteiger partial charge in [-0.25, -0.2) is 0 Å². The predicted molar refractivity (Wildman–Crippen MR) is 67.6 cm³/mol. The van der Waals surface area contributed by atoms with Gasteiger partial charge in [-0.2, -0.15) is 0 Å². The Hall–Kier alpha value is -1.24. The molecule has 0 aliphatic rings. The first-order valence-corrected chi connectivity index (χ1v) is 5.42. The second kappa shape index (κ2) is 4.52. The first-order valence-electron chi connectivity index (χ1n) is 5.42. The number of benzene rings is 1. The number of rotatable bonds is 2. The van der Waals surface area contributed by atoms with Crippen LogP contribution >= 0.6 is 0 Å². The summed E-state index contributed by atoms with van der Waals surface area (Å²) in [7, 11) is 2.14. The minimum absolute atomic E-state index is 0.150. The quantitative estimate of drug-likeness (QED) is 0.707. The Morgan fingerprint density at radius 1 is 1.13 bits per heavy atom. The summed E-state index contributed by atoms with van der Waals surface area (Å²) in [6.07, 6.45) is 2.17. The molecule has 0 fully saturated rings. The third kappa shape index (κ3) is 2.85. The van der Waals surface area contributed by atoms with Crippen LogP contribution in [0.25, 0.3) is 5.70 Å². The van der Waals surface area contributed by atoms with Crippen molar-refractivity contribution < 1.29 is 0 Å². The van der Waals surface area contributed by atoms with E-state index in [-0.39, 0.29) is 5.54 Å². The molecular weight excluding hydrogens is 182 g/mol. The molecule has 0 atom stereocenters. The van der Waals surface area contributed by atoms with Crippen molar-refractivity contribution >= 4 is 5.70 Å². The van der Waals surface area contributed by atoms with E-state index in [9.17, 15) is 0 Å². The van der Waals surface area contributed by atoms with Gasteiger partial charge < -0.3 is 4.90 Å². The van der Waals surface area contributed by atoms with Crippen molar-refractivity contribution in [3.05, 3.63) is 42.0 Å². The highest BCUT2D eigenvalue weighted by molar-refractivity contribution is 5.64. The monoisotopic (exact) mass is 203 g/mol. The standard InChI is InChI=1S/C14H21N/c1-6-13(15(5)14(2,3)4)12-10-8-7-9-11-12/h6-11H,1-5H3/b13-6-.